The van der Waals surface area contributed by atoms with Gasteiger partial charge in [0.1, 0.15) is 0 Å². The van der Waals surface area contributed by atoms with E-state index in [9.17, 15) is 4.79 Å². The first-order valence-corrected chi connectivity index (χ1v) is 6.88. The molecule has 0 aromatic heterocycles. The van der Waals surface area contributed by atoms with Gasteiger partial charge < -0.3 is 0 Å². The second-order valence-electron chi connectivity index (χ2n) is 2.37. The van der Waals surface area contributed by atoms with Crippen molar-refractivity contribution >= 4 is 5.97 Å². The number of hydrogen-bond acceptors (Lipinski definition) is 5. The predicted octanol–water partition coefficient (Wildman–Crippen LogP) is 0.806. The Hall–Kier alpha value is 0.0643. The van der Waals surface area contributed by atoms with E-state index < -0.39 is 17.8 Å². The molecule has 0 fully saturated rings. The van der Waals surface area contributed by atoms with Crippen LogP contribution in [0.25, 0.3) is 0 Å². The third-order valence-electron chi connectivity index (χ3n) is 1.80. The first-order valence-electron chi connectivity index (χ1n) is 3.86. The summed E-state index contributed by atoms with van der Waals surface area (Å²) in [5, 5.41) is 0. The van der Waals surface area contributed by atoms with E-state index in [1.807, 2.05) is 0 Å². The minimum absolute atomic E-state index is 0.270. The Balaban J connectivity index is 4.02. The topological polar surface area (TPSA) is 54.0 Å². The molecule has 0 heterocycles. The van der Waals surface area contributed by atoms with Crippen LogP contribution in [-0.2, 0) is 37.2 Å². The van der Waals surface area contributed by atoms with E-state index in [2.05, 4.69) is 4.74 Å². The van der Waals surface area contributed by atoms with E-state index in [4.69, 9.17) is 9.96 Å². The fourth-order valence-corrected chi connectivity index (χ4v) is 3.45. The summed E-state index contributed by atoms with van der Waals surface area (Å²) in [6.45, 7) is 0. The van der Waals surface area contributed by atoms with E-state index in [0.717, 1.165) is 0 Å². The molecule has 0 radical (unpaired) electrons. The molecule has 13 heavy (non-hydrogen) atoms. The van der Waals surface area contributed by atoms with Crippen LogP contribution in [0.3, 0.4) is 0 Å². The van der Waals surface area contributed by atoms with Crippen LogP contribution in [0.15, 0.2) is 0 Å². The summed E-state index contributed by atoms with van der Waals surface area (Å²) in [5.74, 6) is -0.277. The molecular formula is C7H16O5Ti. The van der Waals surface area contributed by atoms with Crippen molar-refractivity contribution in [2.75, 3.05) is 28.4 Å². The molecule has 5 nitrogen and oxygen atoms in total. The van der Waals surface area contributed by atoms with Crippen LogP contribution in [-0.4, -0.2) is 34.4 Å². The molecular weight excluding hydrogens is 212 g/mol. The second-order valence-corrected chi connectivity index (χ2v) is 7.20. The van der Waals surface area contributed by atoms with Crippen molar-refractivity contribution in [1.82, 2.24) is 0 Å². The molecule has 6 heteroatoms. The molecule has 0 aliphatic rings. The Morgan fingerprint density at radius 1 is 1.08 bits per heavy atom. The second kappa shape index (κ2) is 6.51. The van der Waals surface area contributed by atoms with Crippen LogP contribution < -0.4 is 0 Å². The number of methoxy groups -OCH3 is 1. The molecule has 0 aromatic carbocycles. The van der Waals surface area contributed by atoms with Crippen molar-refractivity contribution < 1.29 is 37.2 Å². The molecule has 0 aromatic rings. The number of carbonyl (C=O) groups excluding carboxylic acids is 1. The maximum atomic E-state index is 10.8. The van der Waals surface area contributed by atoms with E-state index in [1.54, 1.807) is 0 Å². The monoisotopic (exact) mass is 228 g/mol. The van der Waals surface area contributed by atoms with Gasteiger partial charge in [-0.2, -0.15) is 0 Å². The molecule has 78 valence electrons. The molecule has 0 unspecified atom stereocenters. The third-order valence-corrected chi connectivity index (χ3v) is 6.06. The van der Waals surface area contributed by atoms with Crippen molar-refractivity contribution in [1.29, 1.82) is 0 Å². The molecule has 0 saturated carbocycles. The van der Waals surface area contributed by atoms with Crippen molar-refractivity contribution in [3.63, 3.8) is 0 Å². The van der Waals surface area contributed by atoms with Crippen LogP contribution >= 0.6 is 0 Å². The Kier molecular flexibility index (Phi) is 6.54. The Bertz CT molecular complexity index is 149. The summed E-state index contributed by atoms with van der Waals surface area (Å²) in [6, 6.07) is 0. The molecule has 0 aliphatic carbocycles. The van der Waals surface area contributed by atoms with Gasteiger partial charge in [0.05, 0.1) is 0 Å². The van der Waals surface area contributed by atoms with E-state index in [-0.39, 0.29) is 12.4 Å². The van der Waals surface area contributed by atoms with Gasteiger partial charge >= 0.3 is 82.8 Å². The molecule has 0 bridgehead atoms. The minimum atomic E-state index is -3.11. The Morgan fingerprint density at radius 2 is 1.54 bits per heavy atom. The van der Waals surface area contributed by atoms with Crippen LogP contribution in [0.1, 0.15) is 6.42 Å². The average Bonchev–Trinajstić information content (AvgIpc) is 2.20. The third kappa shape index (κ3) is 4.20. The summed E-state index contributed by atoms with van der Waals surface area (Å²) in [5.41, 5.74) is 0. The summed E-state index contributed by atoms with van der Waals surface area (Å²) >= 11 is -3.11. The summed E-state index contributed by atoms with van der Waals surface area (Å²) in [6.07, 6.45) is 0.270. The zero-order valence-electron chi connectivity index (χ0n) is 8.46. The van der Waals surface area contributed by atoms with Gasteiger partial charge in [-0.05, 0) is 0 Å². The van der Waals surface area contributed by atoms with E-state index in [1.165, 1.54) is 28.4 Å². The standard InChI is InChI=1S/C4H7O2.3CH3O.Ti/c1-3-4(5)6-2;3*1-2;/h1,3H2,2H3;3*1H3;/q;3*-1;+3. The SMILES string of the molecule is COC(=O)C[CH2][Ti]([O]C)([O]C)[O]C. The van der Waals surface area contributed by atoms with Crippen LogP contribution in [0.2, 0.25) is 4.73 Å². The number of ether oxygens (including phenoxy) is 1. The van der Waals surface area contributed by atoms with Gasteiger partial charge in [0.25, 0.3) is 0 Å². The fourth-order valence-electron chi connectivity index (χ4n) is 0.913. The summed E-state index contributed by atoms with van der Waals surface area (Å²) in [7, 11) is 5.95. The summed E-state index contributed by atoms with van der Waals surface area (Å²) < 4.78 is 20.5. The Labute approximate surface area is 83.1 Å². The zero-order valence-corrected chi connectivity index (χ0v) is 10.0. The first kappa shape index (κ1) is 13.1. The number of rotatable bonds is 6. The van der Waals surface area contributed by atoms with Gasteiger partial charge in [-0.15, -0.1) is 0 Å². The molecule has 0 N–H and O–H groups in total. The van der Waals surface area contributed by atoms with Gasteiger partial charge in [-0.1, -0.05) is 0 Å². The van der Waals surface area contributed by atoms with Gasteiger partial charge in [0, 0.05) is 0 Å². The normalized spacial score (nSPS) is 11.4. The van der Waals surface area contributed by atoms with Crippen molar-refractivity contribution in [3.8, 4) is 0 Å². The first-order chi connectivity index (χ1) is 6.14. The van der Waals surface area contributed by atoms with Crippen LogP contribution in [0.4, 0.5) is 0 Å². The predicted molar refractivity (Wildman–Crippen MR) is 42.5 cm³/mol. The van der Waals surface area contributed by atoms with E-state index in [0.29, 0.717) is 4.73 Å². The van der Waals surface area contributed by atoms with Crippen molar-refractivity contribution in [2.24, 2.45) is 0 Å². The van der Waals surface area contributed by atoms with Gasteiger partial charge in [-0.3, -0.25) is 0 Å². The molecule has 0 aliphatic heterocycles. The fraction of sp³-hybridized carbons (Fsp3) is 0.857. The van der Waals surface area contributed by atoms with Gasteiger partial charge in [-0.25, -0.2) is 0 Å². The van der Waals surface area contributed by atoms with Gasteiger partial charge in [0.15, 0.2) is 0 Å². The Morgan fingerprint density at radius 3 is 1.85 bits per heavy atom. The zero-order chi connectivity index (χ0) is 10.3. The van der Waals surface area contributed by atoms with Crippen molar-refractivity contribution in [2.45, 2.75) is 11.1 Å². The number of esters is 1. The van der Waals surface area contributed by atoms with Gasteiger partial charge in [0.2, 0.25) is 0 Å². The van der Waals surface area contributed by atoms with E-state index >= 15 is 0 Å². The number of hydrogen-bond donors (Lipinski definition) is 0. The average molecular weight is 228 g/mol. The molecule has 0 atom stereocenters. The molecule has 0 saturated heterocycles. The van der Waals surface area contributed by atoms with Crippen LogP contribution in [0.5, 0.6) is 0 Å². The molecule has 0 amide bonds. The van der Waals surface area contributed by atoms with Crippen molar-refractivity contribution in [3.05, 3.63) is 0 Å². The molecule has 0 spiro atoms. The molecule has 0 rings (SSSR count). The summed E-state index contributed by atoms with van der Waals surface area (Å²) in [4.78, 5) is 10.8. The number of carbonyl (C=O) groups is 1. The maximum absolute atomic E-state index is 10.8. The van der Waals surface area contributed by atoms with Crippen LogP contribution in [0, 0.1) is 0 Å². The quantitative estimate of drug-likeness (QED) is 0.497.